The van der Waals surface area contributed by atoms with Gasteiger partial charge < -0.3 is 5.43 Å². The molecule has 6 heteroatoms. The van der Waals surface area contributed by atoms with Crippen LogP contribution in [0.15, 0.2) is 28.7 Å². The van der Waals surface area contributed by atoms with Crippen LogP contribution < -0.4 is 11.3 Å². The van der Waals surface area contributed by atoms with E-state index in [1.807, 2.05) is 24.3 Å². The van der Waals surface area contributed by atoms with Gasteiger partial charge in [-0.2, -0.15) is 0 Å². The van der Waals surface area contributed by atoms with Gasteiger partial charge in [0.25, 0.3) is 0 Å². The normalized spacial score (nSPS) is 14.5. The molecule has 0 atom stereocenters. The van der Waals surface area contributed by atoms with Crippen LogP contribution in [-0.2, 0) is 0 Å². The maximum atomic E-state index is 6.04. The molecule has 0 saturated heterocycles. The third kappa shape index (κ3) is 2.73. The summed E-state index contributed by atoms with van der Waals surface area (Å²) >= 11 is 9.54. The van der Waals surface area contributed by atoms with Crippen molar-refractivity contribution in [3.63, 3.8) is 0 Å². The fourth-order valence-electron chi connectivity index (χ4n) is 1.92. The number of halogens is 2. The second kappa shape index (κ2) is 5.07. The molecule has 1 aromatic carbocycles. The second-order valence-corrected chi connectivity index (χ2v) is 5.84. The maximum Gasteiger partial charge on any atom is 0.163 e. The molecule has 3 N–H and O–H groups in total. The smallest absolute Gasteiger partial charge is 0.163 e. The number of benzene rings is 1. The Morgan fingerprint density at radius 1 is 1.26 bits per heavy atom. The van der Waals surface area contributed by atoms with E-state index >= 15 is 0 Å². The standard InChI is InChI=1S/C13H12BrClN4/c14-10-4-3-8(15)5-9(10)13-17-11(7-1-2-7)6-12(18-13)19-16/h3-7H,1-2,16H2,(H,17,18,19). The Balaban J connectivity index is 2.12. The van der Waals surface area contributed by atoms with E-state index in [1.54, 1.807) is 0 Å². The van der Waals surface area contributed by atoms with Gasteiger partial charge in [0.1, 0.15) is 5.82 Å². The predicted molar refractivity (Wildman–Crippen MR) is 80.0 cm³/mol. The third-order valence-corrected chi connectivity index (χ3v) is 3.99. The first-order valence-electron chi connectivity index (χ1n) is 5.98. The number of aromatic nitrogens is 2. The van der Waals surface area contributed by atoms with Crippen molar-refractivity contribution >= 4 is 33.3 Å². The van der Waals surface area contributed by atoms with E-state index in [0.717, 1.165) is 15.7 Å². The number of nitrogens with two attached hydrogens (primary N) is 1. The van der Waals surface area contributed by atoms with E-state index in [-0.39, 0.29) is 0 Å². The summed E-state index contributed by atoms with van der Waals surface area (Å²) in [5.41, 5.74) is 4.49. The highest BCUT2D eigenvalue weighted by molar-refractivity contribution is 9.10. The quantitative estimate of drug-likeness (QED) is 0.661. The van der Waals surface area contributed by atoms with Crippen LogP contribution in [0.4, 0.5) is 5.82 Å². The van der Waals surface area contributed by atoms with Gasteiger partial charge in [-0.15, -0.1) is 0 Å². The number of rotatable bonds is 3. The molecule has 3 rings (SSSR count). The predicted octanol–water partition coefficient (Wildman–Crippen LogP) is 3.72. The van der Waals surface area contributed by atoms with Gasteiger partial charge in [-0.05, 0) is 31.0 Å². The van der Waals surface area contributed by atoms with Crippen molar-refractivity contribution in [1.82, 2.24) is 9.97 Å². The molecule has 1 aromatic heterocycles. The summed E-state index contributed by atoms with van der Waals surface area (Å²) in [6.45, 7) is 0. The van der Waals surface area contributed by atoms with Crippen LogP contribution in [-0.4, -0.2) is 9.97 Å². The highest BCUT2D eigenvalue weighted by atomic mass is 79.9. The van der Waals surface area contributed by atoms with Crippen LogP contribution in [0.1, 0.15) is 24.5 Å². The van der Waals surface area contributed by atoms with Gasteiger partial charge in [0, 0.05) is 32.7 Å². The van der Waals surface area contributed by atoms with Gasteiger partial charge in [0.2, 0.25) is 0 Å². The molecule has 0 spiro atoms. The molecule has 1 aliphatic carbocycles. The van der Waals surface area contributed by atoms with Crippen molar-refractivity contribution in [3.8, 4) is 11.4 Å². The fraction of sp³-hybridized carbons (Fsp3) is 0.231. The zero-order chi connectivity index (χ0) is 13.4. The molecule has 0 unspecified atom stereocenters. The molecule has 98 valence electrons. The summed E-state index contributed by atoms with van der Waals surface area (Å²) in [5, 5.41) is 0.654. The zero-order valence-corrected chi connectivity index (χ0v) is 12.4. The summed E-state index contributed by atoms with van der Waals surface area (Å²) < 4.78 is 0.910. The number of anilines is 1. The fourth-order valence-corrected chi connectivity index (χ4v) is 2.51. The van der Waals surface area contributed by atoms with Gasteiger partial charge in [-0.3, -0.25) is 0 Å². The average Bonchev–Trinajstić information content (AvgIpc) is 3.25. The van der Waals surface area contributed by atoms with Crippen molar-refractivity contribution in [1.29, 1.82) is 0 Å². The van der Waals surface area contributed by atoms with Crippen molar-refractivity contribution in [2.45, 2.75) is 18.8 Å². The Bertz CT molecular complexity index is 628. The average molecular weight is 340 g/mol. The lowest BCUT2D eigenvalue weighted by Crippen LogP contribution is -2.10. The maximum absolute atomic E-state index is 6.04. The molecule has 1 fully saturated rings. The summed E-state index contributed by atoms with van der Waals surface area (Å²) in [6, 6.07) is 7.46. The van der Waals surface area contributed by atoms with Crippen LogP contribution in [0.25, 0.3) is 11.4 Å². The van der Waals surface area contributed by atoms with Crippen LogP contribution in [0, 0.1) is 0 Å². The van der Waals surface area contributed by atoms with E-state index in [1.165, 1.54) is 12.8 Å². The van der Waals surface area contributed by atoms with E-state index in [2.05, 4.69) is 31.3 Å². The summed E-state index contributed by atoms with van der Waals surface area (Å²) in [6.07, 6.45) is 2.36. The number of nitrogen functional groups attached to an aromatic ring is 1. The van der Waals surface area contributed by atoms with Crippen molar-refractivity contribution in [3.05, 3.63) is 39.5 Å². The molecular weight excluding hydrogens is 328 g/mol. The van der Waals surface area contributed by atoms with Gasteiger partial charge in [-0.1, -0.05) is 27.5 Å². The number of nitrogens with zero attached hydrogens (tertiary/aromatic N) is 2. The van der Waals surface area contributed by atoms with Gasteiger partial charge in [-0.25, -0.2) is 15.8 Å². The molecule has 1 aliphatic rings. The van der Waals surface area contributed by atoms with Crippen molar-refractivity contribution in [2.24, 2.45) is 5.84 Å². The molecule has 0 radical (unpaired) electrons. The SMILES string of the molecule is NNc1cc(C2CC2)nc(-c2cc(Cl)ccc2Br)n1. The summed E-state index contributed by atoms with van der Waals surface area (Å²) in [5.74, 6) is 7.27. The Kier molecular flexibility index (Phi) is 3.43. The highest BCUT2D eigenvalue weighted by Gasteiger charge is 2.26. The van der Waals surface area contributed by atoms with Crippen LogP contribution in [0.2, 0.25) is 5.02 Å². The summed E-state index contributed by atoms with van der Waals surface area (Å²) in [4.78, 5) is 9.02. The first kappa shape index (κ1) is 12.8. The van der Waals surface area contributed by atoms with Gasteiger partial charge in [0.15, 0.2) is 5.82 Å². The van der Waals surface area contributed by atoms with E-state index in [4.69, 9.17) is 17.4 Å². The minimum atomic E-state index is 0.534. The topological polar surface area (TPSA) is 63.8 Å². The largest absolute Gasteiger partial charge is 0.308 e. The Hall–Kier alpha value is -1.17. The van der Waals surface area contributed by atoms with Crippen LogP contribution in [0.3, 0.4) is 0 Å². The monoisotopic (exact) mass is 338 g/mol. The number of hydrogen-bond acceptors (Lipinski definition) is 4. The molecule has 0 aliphatic heterocycles. The van der Waals surface area contributed by atoms with Gasteiger partial charge >= 0.3 is 0 Å². The van der Waals surface area contributed by atoms with Gasteiger partial charge in [0.05, 0.1) is 0 Å². The third-order valence-electron chi connectivity index (χ3n) is 3.06. The summed E-state index contributed by atoms with van der Waals surface area (Å²) in [7, 11) is 0. The Labute approximate surface area is 124 Å². The number of hydrazine groups is 1. The molecule has 1 saturated carbocycles. The lowest BCUT2D eigenvalue weighted by molar-refractivity contribution is 0.990. The van der Waals surface area contributed by atoms with E-state index in [9.17, 15) is 0 Å². The number of nitrogens with one attached hydrogen (secondary N) is 1. The van der Waals surface area contributed by atoms with Crippen LogP contribution >= 0.6 is 27.5 Å². The molecule has 2 aromatic rings. The van der Waals surface area contributed by atoms with Crippen LogP contribution in [0.5, 0.6) is 0 Å². The first-order chi connectivity index (χ1) is 9.17. The van der Waals surface area contributed by atoms with Crippen molar-refractivity contribution in [2.75, 3.05) is 5.43 Å². The van der Waals surface area contributed by atoms with E-state index < -0.39 is 0 Å². The first-order valence-corrected chi connectivity index (χ1v) is 7.15. The molecular formula is C13H12BrClN4. The molecule has 1 heterocycles. The second-order valence-electron chi connectivity index (χ2n) is 4.54. The van der Waals surface area contributed by atoms with E-state index in [0.29, 0.717) is 22.6 Å². The molecule has 4 nitrogen and oxygen atoms in total. The highest BCUT2D eigenvalue weighted by Crippen LogP contribution is 2.40. The molecule has 0 amide bonds. The minimum absolute atomic E-state index is 0.534. The lowest BCUT2D eigenvalue weighted by Gasteiger charge is -2.09. The Morgan fingerprint density at radius 2 is 2.05 bits per heavy atom. The number of hydrogen-bond donors (Lipinski definition) is 2. The zero-order valence-electron chi connectivity index (χ0n) is 10.0. The lowest BCUT2D eigenvalue weighted by atomic mass is 10.2. The van der Waals surface area contributed by atoms with Crippen molar-refractivity contribution < 1.29 is 0 Å². The molecule has 19 heavy (non-hydrogen) atoms. The molecule has 0 bridgehead atoms. The Morgan fingerprint density at radius 3 is 2.74 bits per heavy atom. The minimum Gasteiger partial charge on any atom is -0.308 e.